The maximum absolute atomic E-state index is 5.86. The molecule has 3 nitrogen and oxygen atoms in total. The summed E-state index contributed by atoms with van der Waals surface area (Å²) in [5, 5.41) is 4.71. The predicted octanol–water partition coefficient (Wildman–Crippen LogP) is 9.56. The van der Waals surface area contributed by atoms with Crippen molar-refractivity contribution in [3.05, 3.63) is 90.4 Å². The predicted molar refractivity (Wildman–Crippen MR) is 149 cm³/mol. The number of rotatable bonds is 4. The van der Waals surface area contributed by atoms with Gasteiger partial charge in [0.05, 0.1) is 18.2 Å². The fourth-order valence-corrected chi connectivity index (χ4v) is 5.26. The van der Waals surface area contributed by atoms with Crippen LogP contribution in [0.15, 0.2) is 88.1 Å². The van der Waals surface area contributed by atoms with Gasteiger partial charge in [-0.1, -0.05) is 65.0 Å². The SMILES string of the molecule is CC(C)Cc1coc2ccc(-c3cc(-c4cc(C(C)(C)C)c5ccccc5c4)nc4occc34)cc12. The van der Waals surface area contributed by atoms with Gasteiger partial charge in [0.15, 0.2) is 0 Å². The lowest BCUT2D eigenvalue weighted by Crippen LogP contribution is -2.12. The van der Waals surface area contributed by atoms with Crippen LogP contribution >= 0.6 is 0 Å². The van der Waals surface area contributed by atoms with Crippen LogP contribution in [0.25, 0.3) is 55.2 Å². The highest BCUT2D eigenvalue weighted by Gasteiger charge is 2.20. The summed E-state index contributed by atoms with van der Waals surface area (Å²) in [5.74, 6) is 0.562. The molecule has 3 aromatic carbocycles. The first-order valence-corrected chi connectivity index (χ1v) is 12.7. The van der Waals surface area contributed by atoms with Gasteiger partial charge in [-0.05, 0) is 87.2 Å². The number of aromatic nitrogens is 1. The van der Waals surface area contributed by atoms with Crippen LogP contribution in [0.4, 0.5) is 0 Å². The number of hydrogen-bond acceptors (Lipinski definition) is 3. The molecule has 0 unspecified atom stereocenters. The summed E-state index contributed by atoms with van der Waals surface area (Å²) in [6.07, 6.45) is 4.63. The zero-order valence-electron chi connectivity index (χ0n) is 21.6. The summed E-state index contributed by atoms with van der Waals surface area (Å²) >= 11 is 0. The molecule has 0 spiro atoms. The van der Waals surface area contributed by atoms with E-state index < -0.39 is 0 Å². The fourth-order valence-electron chi connectivity index (χ4n) is 5.26. The average Bonchev–Trinajstić information content (AvgIpc) is 3.48. The Kier molecular flexibility index (Phi) is 5.26. The van der Waals surface area contributed by atoms with Gasteiger partial charge in [0.25, 0.3) is 0 Å². The molecule has 0 saturated heterocycles. The number of nitrogens with zero attached hydrogens (tertiary/aromatic N) is 1. The molecule has 0 radical (unpaired) electrons. The van der Waals surface area contributed by atoms with E-state index in [1.807, 2.05) is 12.3 Å². The van der Waals surface area contributed by atoms with E-state index in [0.717, 1.165) is 39.8 Å². The van der Waals surface area contributed by atoms with Crippen molar-refractivity contribution in [3.63, 3.8) is 0 Å². The molecule has 0 fully saturated rings. The van der Waals surface area contributed by atoms with E-state index in [-0.39, 0.29) is 5.41 Å². The number of hydrogen-bond donors (Lipinski definition) is 0. The van der Waals surface area contributed by atoms with Crippen LogP contribution in [0.5, 0.6) is 0 Å². The molecule has 0 aliphatic rings. The molecule has 3 heteroatoms. The van der Waals surface area contributed by atoms with Crippen molar-refractivity contribution >= 4 is 32.8 Å². The summed E-state index contributed by atoms with van der Waals surface area (Å²) in [5.41, 5.74) is 8.43. The van der Waals surface area contributed by atoms with Crippen molar-refractivity contribution in [2.75, 3.05) is 0 Å². The van der Waals surface area contributed by atoms with Crippen LogP contribution in [0, 0.1) is 5.92 Å². The molecule has 0 aliphatic carbocycles. The third kappa shape index (κ3) is 3.89. The van der Waals surface area contributed by atoms with Crippen LogP contribution < -0.4 is 0 Å². The van der Waals surface area contributed by atoms with Gasteiger partial charge >= 0.3 is 0 Å². The molecule has 6 aromatic rings. The summed E-state index contributed by atoms with van der Waals surface area (Å²) in [6.45, 7) is 11.3. The molecule has 36 heavy (non-hydrogen) atoms. The molecule has 0 bridgehead atoms. The molecule has 0 atom stereocenters. The van der Waals surface area contributed by atoms with Gasteiger partial charge in [-0.3, -0.25) is 0 Å². The molecule has 0 N–H and O–H groups in total. The molecule has 0 amide bonds. The summed E-state index contributed by atoms with van der Waals surface area (Å²) in [7, 11) is 0. The number of fused-ring (bicyclic) bond motifs is 3. The smallest absolute Gasteiger partial charge is 0.227 e. The highest BCUT2D eigenvalue weighted by molar-refractivity contribution is 5.98. The number of furan rings is 2. The Morgan fingerprint density at radius 1 is 0.806 bits per heavy atom. The summed E-state index contributed by atoms with van der Waals surface area (Å²) in [6, 6.07) is 23.8. The van der Waals surface area contributed by atoms with Crippen molar-refractivity contribution in [1.29, 1.82) is 0 Å². The Hall–Kier alpha value is -3.85. The van der Waals surface area contributed by atoms with Gasteiger partial charge < -0.3 is 8.83 Å². The quantitative estimate of drug-likeness (QED) is 0.256. The van der Waals surface area contributed by atoms with Gasteiger partial charge in [-0.2, -0.15) is 0 Å². The second-order valence-corrected chi connectivity index (χ2v) is 11.3. The molecular formula is C33H31NO2. The van der Waals surface area contributed by atoms with Crippen molar-refractivity contribution in [3.8, 4) is 22.4 Å². The normalized spacial score (nSPS) is 12.4. The fraction of sp³-hybridized carbons (Fsp3) is 0.242. The topological polar surface area (TPSA) is 39.2 Å². The maximum Gasteiger partial charge on any atom is 0.227 e. The largest absolute Gasteiger partial charge is 0.464 e. The first-order valence-electron chi connectivity index (χ1n) is 12.7. The Labute approximate surface area is 211 Å². The third-order valence-corrected chi connectivity index (χ3v) is 7.00. The van der Waals surface area contributed by atoms with Crippen LogP contribution in [-0.2, 0) is 11.8 Å². The maximum atomic E-state index is 5.86. The summed E-state index contributed by atoms with van der Waals surface area (Å²) in [4.78, 5) is 4.95. The minimum absolute atomic E-state index is 0.00631. The Bertz CT molecular complexity index is 1730. The average molecular weight is 474 g/mol. The van der Waals surface area contributed by atoms with Gasteiger partial charge in [0.2, 0.25) is 5.71 Å². The van der Waals surface area contributed by atoms with Crippen molar-refractivity contribution < 1.29 is 8.83 Å². The van der Waals surface area contributed by atoms with Crippen LogP contribution in [0.1, 0.15) is 45.7 Å². The van der Waals surface area contributed by atoms with Gasteiger partial charge in [0.1, 0.15) is 5.58 Å². The third-order valence-electron chi connectivity index (χ3n) is 7.00. The van der Waals surface area contributed by atoms with Crippen molar-refractivity contribution in [1.82, 2.24) is 4.98 Å². The minimum Gasteiger partial charge on any atom is -0.464 e. The van der Waals surface area contributed by atoms with E-state index >= 15 is 0 Å². The molecule has 0 aliphatic heterocycles. The lowest BCUT2D eigenvalue weighted by Gasteiger charge is -2.22. The molecule has 180 valence electrons. The summed E-state index contributed by atoms with van der Waals surface area (Å²) < 4.78 is 11.7. The Morgan fingerprint density at radius 2 is 1.64 bits per heavy atom. The molecule has 6 rings (SSSR count). The van der Waals surface area contributed by atoms with E-state index in [9.17, 15) is 0 Å². The zero-order valence-corrected chi connectivity index (χ0v) is 21.6. The van der Waals surface area contributed by atoms with Crippen molar-refractivity contribution in [2.45, 2.75) is 46.5 Å². The second-order valence-electron chi connectivity index (χ2n) is 11.3. The van der Waals surface area contributed by atoms with E-state index in [1.54, 1.807) is 6.26 Å². The van der Waals surface area contributed by atoms with E-state index in [4.69, 9.17) is 13.8 Å². The highest BCUT2D eigenvalue weighted by Crippen LogP contribution is 2.38. The minimum atomic E-state index is 0.00631. The molecule has 0 saturated carbocycles. The lowest BCUT2D eigenvalue weighted by molar-refractivity contribution is 0.594. The first kappa shape index (κ1) is 22.6. The lowest BCUT2D eigenvalue weighted by atomic mass is 9.82. The second kappa shape index (κ2) is 8.37. The van der Waals surface area contributed by atoms with E-state index in [1.165, 1.54) is 27.3 Å². The van der Waals surface area contributed by atoms with Crippen molar-refractivity contribution in [2.24, 2.45) is 5.92 Å². The monoisotopic (exact) mass is 473 g/mol. The van der Waals surface area contributed by atoms with Gasteiger partial charge in [-0.15, -0.1) is 0 Å². The van der Waals surface area contributed by atoms with Crippen LogP contribution in [0.3, 0.4) is 0 Å². The van der Waals surface area contributed by atoms with E-state index in [0.29, 0.717) is 11.6 Å². The van der Waals surface area contributed by atoms with Crippen LogP contribution in [0.2, 0.25) is 0 Å². The van der Waals surface area contributed by atoms with E-state index in [2.05, 4.69) is 95.3 Å². The Morgan fingerprint density at radius 3 is 2.44 bits per heavy atom. The molecule has 3 heterocycles. The van der Waals surface area contributed by atoms with Gasteiger partial charge in [0, 0.05) is 16.3 Å². The highest BCUT2D eigenvalue weighted by atomic mass is 16.3. The number of benzene rings is 3. The first-order chi connectivity index (χ1) is 17.3. The number of pyridine rings is 1. The molecular weight excluding hydrogens is 442 g/mol. The Balaban J connectivity index is 1.57. The van der Waals surface area contributed by atoms with Gasteiger partial charge in [-0.25, -0.2) is 4.98 Å². The zero-order chi connectivity index (χ0) is 25.0. The molecule has 3 aromatic heterocycles. The standard InChI is InChI=1S/C33H31NO2/c1-20(2)14-24-19-36-31-11-10-22(16-28(24)31)27-18-30(34-32-26(27)12-13-35-32)23-15-21-8-6-7-9-25(21)29(17-23)33(3,4)5/h6-13,15-20H,14H2,1-5H3. The van der Waals surface area contributed by atoms with Crippen LogP contribution in [-0.4, -0.2) is 4.98 Å².